The lowest BCUT2D eigenvalue weighted by molar-refractivity contribution is -0.116. The van der Waals surface area contributed by atoms with Crippen molar-refractivity contribution in [2.24, 2.45) is 0 Å². The number of rotatable bonds is 2. The molecule has 0 spiro atoms. The highest BCUT2D eigenvalue weighted by Gasteiger charge is 2.23. The van der Waals surface area contributed by atoms with E-state index in [1.165, 1.54) is 11.3 Å². The topological polar surface area (TPSA) is 80.8 Å². The van der Waals surface area contributed by atoms with Crippen LogP contribution >= 0.6 is 11.3 Å². The molecule has 0 bridgehead atoms. The Hall–Kier alpha value is -3.13. The van der Waals surface area contributed by atoms with E-state index in [1.807, 2.05) is 24.3 Å². The van der Waals surface area contributed by atoms with E-state index in [-0.39, 0.29) is 11.8 Å². The van der Waals surface area contributed by atoms with Gasteiger partial charge in [0.1, 0.15) is 13.2 Å². The van der Waals surface area contributed by atoms with Gasteiger partial charge in [-0.25, -0.2) is 4.98 Å². The lowest BCUT2D eigenvalue weighted by Crippen LogP contribution is -2.25. The first-order valence-electron chi connectivity index (χ1n) is 9.01. The molecule has 1 N–H and O–H groups in total. The summed E-state index contributed by atoms with van der Waals surface area (Å²) in [6.07, 6.45) is 0.753. The smallest absolute Gasteiger partial charge is 0.257 e. The van der Waals surface area contributed by atoms with Gasteiger partial charge in [0.15, 0.2) is 16.6 Å². The first kappa shape index (κ1) is 17.0. The van der Waals surface area contributed by atoms with Crippen LogP contribution in [0.2, 0.25) is 0 Å². The highest BCUT2D eigenvalue weighted by molar-refractivity contribution is 7.22. The molecule has 0 atom stereocenters. The van der Waals surface area contributed by atoms with E-state index < -0.39 is 0 Å². The van der Waals surface area contributed by atoms with Crippen molar-refractivity contribution < 1.29 is 19.1 Å². The second-order valence-corrected chi connectivity index (χ2v) is 7.73. The van der Waals surface area contributed by atoms with E-state index in [1.54, 1.807) is 17.9 Å². The molecule has 8 heteroatoms. The fourth-order valence-corrected chi connectivity index (χ4v) is 4.43. The van der Waals surface area contributed by atoms with Crippen LogP contribution in [0.3, 0.4) is 0 Å². The average molecular weight is 395 g/mol. The van der Waals surface area contributed by atoms with Gasteiger partial charge >= 0.3 is 0 Å². The highest BCUT2D eigenvalue weighted by Crippen LogP contribution is 2.38. The maximum Gasteiger partial charge on any atom is 0.257 e. The summed E-state index contributed by atoms with van der Waals surface area (Å²) in [7, 11) is 0. The standard InChI is InChI=1S/C20H17N3O4S/c1-11(24)23-5-4-12-8-13(2-3-15(12)23)19(25)22-20-21-14-9-16-17(10-18(14)28-20)27-7-6-26-16/h2-3,8-10H,4-7H2,1H3,(H,21,22,25). The molecule has 0 radical (unpaired) electrons. The van der Waals surface area contributed by atoms with Gasteiger partial charge in [-0.3, -0.25) is 14.9 Å². The lowest BCUT2D eigenvalue weighted by atomic mass is 10.1. The summed E-state index contributed by atoms with van der Waals surface area (Å²) in [5, 5.41) is 3.39. The summed E-state index contributed by atoms with van der Waals surface area (Å²) < 4.78 is 12.1. The summed E-state index contributed by atoms with van der Waals surface area (Å²) in [6.45, 7) is 3.26. The van der Waals surface area contributed by atoms with E-state index >= 15 is 0 Å². The van der Waals surface area contributed by atoms with Crippen LogP contribution in [0.5, 0.6) is 11.5 Å². The molecule has 2 aromatic carbocycles. The number of hydrogen-bond acceptors (Lipinski definition) is 6. The molecule has 2 aliphatic rings. The van der Waals surface area contributed by atoms with E-state index in [2.05, 4.69) is 10.3 Å². The van der Waals surface area contributed by atoms with E-state index in [0.717, 1.165) is 27.9 Å². The van der Waals surface area contributed by atoms with Crippen LogP contribution in [0.25, 0.3) is 10.2 Å². The second-order valence-electron chi connectivity index (χ2n) is 6.70. The number of hydrogen-bond donors (Lipinski definition) is 1. The van der Waals surface area contributed by atoms with Gasteiger partial charge in [0.05, 0.1) is 10.2 Å². The third-order valence-corrected chi connectivity index (χ3v) is 5.82. The maximum atomic E-state index is 12.7. The van der Waals surface area contributed by atoms with Gasteiger partial charge in [-0.1, -0.05) is 11.3 Å². The molecule has 0 aliphatic carbocycles. The Balaban J connectivity index is 1.39. The summed E-state index contributed by atoms with van der Waals surface area (Å²) in [5.41, 5.74) is 3.20. The molecule has 142 valence electrons. The van der Waals surface area contributed by atoms with Crippen LogP contribution in [-0.4, -0.2) is 36.6 Å². The molecule has 0 saturated carbocycles. The van der Waals surface area contributed by atoms with Crippen molar-refractivity contribution in [3.05, 3.63) is 41.5 Å². The van der Waals surface area contributed by atoms with Crippen LogP contribution in [0.1, 0.15) is 22.8 Å². The SMILES string of the molecule is CC(=O)N1CCc2cc(C(=O)Nc3nc4cc5c(cc4s3)OCCO5)ccc21. The summed E-state index contributed by atoms with van der Waals surface area (Å²) in [4.78, 5) is 30.6. The molecule has 1 aromatic heterocycles. The third kappa shape index (κ3) is 2.86. The summed E-state index contributed by atoms with van der Waals surface area (Å²) in [5.74, 6) is 1.17. The maximum absolute atomic E-state index is 12.7. The largest absolute Gasteiger partial charge is 0.486 e. The molecular formula is C20H17N3O4S. The fraction of sp³-hybridized carbons (Fsp3) is 0.250. The summed E-state index contributed by atoms with van der Waals surface area (Å²) >= 11 is 1.39. The van der Waals surface area contributed by atoms with Crippen LogP contribution in [0.15, 0.2) is 30.3 Å². The molecule has 3 aromatic rings. The van der Waals surface area contributed by atoms with Crippen molar-refractivity contribution in [3.63, 3.8) is 0 Å². The number of thiazole rings is 1. The van der Waals surface area contributed by atoms with Gasteiger partial charge in [0.2, 0.25) is 5.91 Å². The first-order valence-corrected chi connectivity index (χ1v) is 9.83. The predicted molar refractivity (Wildman–Crippen MR) is 107 cm³/mol. The van der Waals surface area contributed by atoms with E-state index in [4.69, 9.17) is 9.47 Å². The van der Waals surface area contributed by atoms with Crippen molar-refractivity contribution in [1.29, 1.82) is 0 Å². The normalized spacial score (nSPS) is 14.8. The molecule has 7 nitrogen and oxygen atoms in total. The summed E-state index contributed by atoms with van der Waals surface area (Å²) in [6, 6.07) is 9.15. The fourth-order valence-electron chi connectivity index (χ4n) is 3.56. The molecule has 2 amide bonds. The molecule has 28 heavy (non-hydrogen) atoms. The van der Waals surface area contributed by atoms with Gasteiger partial charge in [-0.05, 0) is 30.2 Å². The number of amides is 2. The number of carbonyl (C=O) groups is 2. The minimum atomic E-state index is -0.222. The van der Waals surface area contributed by atoms with Gasteiger partial charge in [0.25, 0.3) is 5.91 Å². The van der Waals surface area contributed by atoms with Crippen LogP contribution in [-0.2, 0) is 11.2 Å². The van der Waals surface area contributed by atoms with Crippen molar-refractivity contribution in [2.75, 3.05) is 30.0 Å². The van der Waals surface area contributed by atoms with Crippen LogP contribution < -0.4 is 19.7 Å². The zero-order chi connectivity index (χ0) is 19.3. The minimum absolute atomic E-state index is 0.0149. The molecule has 0 unspecified atom stereocenters. The van der Waals surface area contributed by atoms with E-state index in [9.17, 15) is 9.59 Å². The molecule has 0 fully saturated rings. The van der Waals surface area contributed by atoms with Crippen molar-refractivity contribution in [3.8, 4) is 11.5 Å². The first-order chi connectivity index (χ1) is 13.6. The minimum Gasteiger partial charge on any atom is -0.486 e. The predicted octanol–water partition coefficient (Wildman–Crippen LogP) is 3.23. The second kappa shape index (κ2) is 6.49. The van der Waals surface area contributed by atoms with Crippen molar-refractivity contribution in [1.82, 2.24) is 4.98 Å². The van der Waals surface area contributed by atoms with Crippen molar-refractivity contribution >= 4 is 44.2 Å². The van der Waals surface area contributed by atoms with Crippen LogP contribution in [0.4, 0.5) is 10.8 Å². The van der Waals surface area contributed by atoms with Gasteiger partial charge < -0.3 is 14.4 Å². The quantitative estimate of drug-likeness (QED) is 0.721. The zero-order valence-corrected chi connectivity index (χ0v) is 16.0. The highest BCUT2D eigenvalue weighted by atomic mass is 32.1. The Labute approximate surface area is 164 Å². The molecule has 3 heterocycles. The number of anilines is 2. The molecular weight excluding hydrogens is 378 g/mol. The lowest BCUT2D eigenvalue weighted by Gasteiger charge is -2.17. The Bertz CT molecular complexity index is 1080. The Morgan fingerprint density at radius 2 is 1.93 bits per heavy atom. The van der Waals surface area contributed by atoms with Crippen molar-refractivity contribution in [2.45, 2.75) is 13.3 Å². The molecule has 0 saturated heterocycles. The van der Waals surface area contributed by atoms with Gasteiger partial charge in [-0.15, -0.1) is 0 Å². The average Bonchev–Trinajstić information content (AvgIpc) is 3.28. The number of nitrogens with one attached hydrogen (secondary N) is 1. The van der Waals surface area contributed by atoms with Gasteiger partial charge in [-0.2, -0.15) is 0 Å². The number of nitrogens with zero attached hydrogens (tertiary/aromatic N) is 2. The Morgan fingerprint density at radius 1 is 1.14 bits per heavy atom. The third-order valence-electron chi connectivity index (χ3n) is 4.89. The molecule has 5 rings (SSSR count). The van der Waals surface area contributed by atoms with E-state index in [0.29, 0.717) is 42.0 Å². The number of fused-ring (bicyclic) bond motifs is 3. The zero-order valence-electron chi connectivity index (χ0n) is 15.2. The monoisotopic (exact) mass is 395 g/mol. The number of carbonyl (C=O) groups excluding carboxylic acids is 2. The number of ether oxygens (including phenoxy) is 2. The number of benzene rings is 2. The number of aromatic nitrogens is 1. The van der Waals surface area contributed by atoms with Gasteiger partial charge in [0, 0.05) is 36.9 Å². The Kier molecular flexibility index (Phi) is 3.94. The molecule has 2 aliphatic heterocycles. The van der Waals surface area contributed by atoms with Crippen LogP contribution in [0, 0.1) is 0 Å². The Morgan fingerprint density at radius 3 is 2.71 bits per heavy atom.